The molecule has 0 fully saturated rings. The number of aliphatic hydroxyl groups excluding tert-OH is 1. The van der Waals surface area contributed by atoms with Gasteiger partial charge in [-0.15, -0.1) is 0 Å². The van der Waals surface area contributed by atoms with Gasteiger partial charge in [0.25, 0.3) is 0 Å². The fraction of sp³-hybridized carbons (Fsp3) is 0.333. The summed E-state index contributed by atoms with van der Waals surface area (Å²) in [5, 5.41) is 8.44. The second kappa shape index (κ2) is 4.62. The number of hydrogen-bond acceptors (Lipinski definition) is 3. The average Bonchev–Trinajstić information content (AvgIpc) is 2.16. The molecule has 1 aromatic heterocycles. The van der Waals surface area contributed by atoms with Crippen molar-refractivity contribution in [2.24, 2.45) is 0 Å². The van der Waals surface area contributed by atoms with E-state index >= 15 is 0 Å². The number of hydrogen-bond donors (Lipinski definition) is 1. The van der Waals surface area contributed by atoms with Crippen LogP contribution in [0.3, 0.4) is 0 Å². The van der Waals surface area contributed by atoms with E-state index in [0.717, 1.165) is 5.69 Å². The summed E-state index contributed by atoms with van der Waals surface area (Å²) in [7, 11) is 0. The smallest absolute Gasteiger partial charge is 0.158 e. The van der Waals surface area contributed by atoms with Crippen molar-refractivity contribution >= 4 is 5.78 Å². The SMILES string of the molecule is O=C(CO)CCc1ccccn1. The third kappa shape index (κ3) is 2.80. The molecule has 0 aliphatic rings. The number of aliphatic hydroxyl groups is 1. The van der Waals surface area contributed by atoms with Crippen LogP contribution in [-0.4, -0.2) is 22.5 Å². The van der Waals surface area contributed by atoms with E-state index < -0.39 is 0 Å². The second-order valence-electron chi connectivity index (χ2n) is 2.52. The maximum atomic E-state index is 10.7. The Balaban J connectivity index is 2.38. The van der Waals surface area contributed by atoms with Crippen molar-refractivity contribution in [3.8, 4) is 0 Å². The molecule has 1 heterocycles. The lowest BCUT2D eigenvalue weighted by atomic mass is 10.2. The van der Waals surface area contributed by atoms with Gasteiger partial charge in [-0.1, -0.05) is 6.07 Å². The molecule has 0 unspecified atom stereocenters. The second-order valence-corrected chi connectivity index (χ2v) is 2.52. The molecule has 0 aliphatic carbocycles. The lowest BCUT2D eigenvalue weighted by Crippen LogP contribution is -2.05. The topological polar surface area (TPSA) is 50.2 Å². The van der Waals surface area contributed by atoms with E-state index in [-0.39, 0.29) is 12.4 Å². The molecule has 1 N–H and O–H groups in total. The average molecular weight is 165 g/mol. The van der Waals surface area contributed by atoms with Gasteiger partial charge in [-0.2, -0.15) is 0 Å². The number of nitrogens with zero attached hydrogens (tertiary/aromatic N) is 1. The molecule has 0 bridgehead atoms. The molecule has 12 heavy (non-hydrogen) atoms. The molecule has 0 amide bonds. The molecule has 3 nitrogen and oxygen atoms in total. The van der Waals surface area contributed by atoms with Crippen LogP contribution in [0.5, 0.6) is 0 Å². The molecular formula is C9H11NO2. The summed E-state index contributed by atoms with van der Waals surface area (Å²) in [5.74, 6) is -0.138. The summed E-state index contributed by atoms with van der Waals surface area (Å²) in [6, 6.07) is 5.58. The highest BCUT2D eigenvalue weighted by atomic mass is 16.3. The van der Waals surface area contributed by atoms with Crippen LogP contribution in [0.2, 0.25) is 0 Å². The highest BCUT2D eigenvalue weighted by molar-refractivity contribution is 5.79. The van der Waals surface area contributed by atoms with Gasteiger partial charge >= 0.3 is 0 Å². The maximum absolute atomic E-state index is 10.7. The van der Waals surface area contributed by atoms with Gasteiger partial charge in [-0.05, 0) is 18.6 Å². The van der Waals surface area contributed by atoms with Crippen LogP contribution >= 0.6 is 0 Å². The Hall–Kier alpha value is -1.22. The number of aryl methyl sites for hydroxylation is 1. The first-order valence-electron chi connectivity index (χ1n) is 3.85. The fourth-order valence-electron chi connectivity index (χ4n) is 0.893. The van der Waals surface area contributed by atoms with Gasteiger partial charge in [0.15, 0.2) is 5.78 Å². The highest BCUT2D eigenvalue weighted by Gasteiger charge is 1.99. The van der Waals surface area contributed by atoms with Gasteiger partial charge in [0, 0.05) is 18.3 Å². The van der Waals surface area contributed by atoms with Crippen molar-refractivity contribution in [1.29, 1.82) is 0 Å². The lowest BCUT2D eigenvalue weighted by molar-refractivity contribution is -0.121. The van der Waals surface area contributed by atoms with Gasteiger partial charge in [0.1, 0.15) is 6.61 Å². The fourth-order valence-corrected chi connectivity index (χ4v) is 0.893. The summed E-state index contributed by atoms with van der Waals surface area (Å²) in [6.07, 6.45) is 2.67. The minimum absolute atomic E-state index is 0.138. The Morgan fingerprint density at radius 2 is 2.33 bits per heavy atom. The van der Waals surface area contributed by atoms with E-state index in [0.29, 0.717) is 12.8 Å². The summed E-state index contributed by atoms with van der Waals surface area (Å²) >= 11 is 0. The van der Waals surface area contributed by atoms with E-state index in [9.17, 15) is 4.79 Å². The zero-order chi connectivity index (χ0) is 8.81. The summed E-state index contributed by atoms with van der Waals surface area (Å²) in [5.41, 5.74) is 0.888. The van der Waals surface area contributed by atoms with Crippen LogP contribution in [0.4, 0.5) is 0 Å². The van der Waals surface area contributed by atoms with Gasteiger partial charge in [-0.3, -0.25) is 9.78 Å². The summed E-state index contributed by atoms with van der Waals surface area (Å²) in [6.45, 7) is -0.368. The highest BCUT2D eigenvalue weighted by Crippen LogP contribution is 1.98. The van der Waals surface area contributed by atoms with Gasteiger partial charge in [0.2, 0.25) is 0 Å². The molecular weight excluding hydrogens is 154 g/mol. The minimum Gasteiger partial charge on any atom is -0.389 e. The molecule has 0 aliphatic heterocycles. The molecule has 0 spiro atoms. The van der Waals surface area contributed by atoms with Gasteiger partial charge < -0.3 is 5.11 Å². The number of carbonyl (C=O) groups excluding carboxylic acids is 1. The first kappa shape index (κ1) is 8.87. The van der Waals surface area contributed by atoms with Gasteiger partial charge in [-0.25, -0.2) is 0 Å². The van der Waals surface area contributed by atoms with E-state index in [1.54, 1.807) is 6.20 Å². The maximum Gasteiger partial charge on any atom is 0.158 e. The van der Waals surface area contributed by atoms with Crippen LogP contribution in [0.25, 0.3) is 0 Å². The first-order valence-corrected chi connectivity index (χ1v) is 3.85. The van der Waals surface area contributed by atoms with E-state index in [2.05, 4.69) is 4.98 Å². The number of aromatic nitrogens is 1. The number of Topliss-reactive ketones (excluding diaryl/α,β-unsaturated/α-hetero) is 1. The Kier molecular flexibility index (Phi) is 3.41. The lowest BCUT2D eigenvalue weighted by Gasteiger charge is -1.96. The Morgan fingerprint density at radius 1 is 1.50 bits per heavy atom. The molecule has 1 aromatic rings. The molecule has 0 radical (unpaired) electrons. The van der Waals surface area contributed by atoms with E-state index in [1.807, 2.05) is 18.2 Å². The molecule has 64 valence electrons. The third-order valence-electron chi connectivity index (χ3n) is 1.56. The zero-order valence-electron chi connectivity index (χ0n) is 6.73. The van der Waals surface area contributed by atoms with Crippen LogP contribution < -0.4 is 0 Å². The third-order valence-corrected chi connectivity index (χ3v) is 1.56. The van der Waals surface area contributed by atoms with Gasteiger partial charge in [0.05, 0.1) is 0 Å². The van der Waals surface area contributed by atoms with Crippen molar-refractivity contribution in [2.75, 3.05) is 6.61 Å². The number of ketones is 1. The van der Waals surface area contributed by atoms with Crippen molar-refractivity contribution in [3.05, 3.63) is 30.1 Å². The Labute approximate surface area is 71.1 Å². The zero-order valence-corrected chi connectivity index (χ0v) is 6.73. The van der Waals surface area contributed by atoms with Crippen LogP contribution in [0, 0.1) is 0 Å². The predicted molar refractivity (Wildman–Crippen MR) is 44.7 cm³/mol. The van der Waals surface area contributed by atoms with Crippen LogP contribution in [-0.2, 0) is 11.2 Å². The molecule has 1 rings (SSSR count). The predicted octanol–water partition coefficient (Wildman–Crippen LogP) is 0.576. The standard InChI is InChI=1S/C9H11NO2/c11-7-9(12)5-4-8-3-1-2-6-10-8/h1-3,6,11H,4-5,7H2. The molecule has 0 saturated heterocycles. The van der Waals surface area contributed by atoms with Crippen molar-refractivity contribution in [2.45, 2.75) is 12.8 Å². The minimum atomic E-state index is -0.368. The number of rotatable bonds is 4. The summed E-state index contributed by atoms with van der Waals surface area (Å²) < 4.78 is 0. The molecule has 0 saturated carbocycles. The normalized spacial score (nSPS) is 9.75. The van der Waals surface area contributed by atoms with E-state index in [1.165, 1.54) is 0 Å². The van der Waals surface area contributed by atoms with Crippen molar-refractivity contribution in [3.63, 3.8) is 0 Å². The van der Waals surface area contributed by atoms with Crippen molar-refractivity contribution in [1.82, 2.24) is 4.98 Å². The monoisotopic (exact) mass is 165 g/mol. The number of carbonyl (C=O) groups is 1. The quantitative estimate of drug-likeness (QED) is 0.709. The number of pyridine rings is 1. The molecule has 0 atom stereocenters. The van der Waals surface area contributed by atoms with Crippen LogP contribution in [0.1, 0.15) is 12.1 Å². The Morgan fingerprint density at radius 3 is 2.92 bits per heavy atom. The van der Waals surface area contributed by atoms with Crippen molar-refractivity contribution < 1.29 is 9.90 Å². The molecule has 0 aromatic carbocycles. The largest absolute Gasteiger partial charge is 0.389 e. The van der Waals surface area contributed by atoms with E-state index in [4.69, 9.17) is 5.11 Å². The van der Waals surface area contributed by atoms with Crippen LogP contribution in [0.15, 0.2) is 24.4 Å². The first-order chi connectivity index (χ1) is 5.83. The summed E-state index contributed by atoms with van der Waals surface area (Å²) in [4.78, 5) is 14.8. The molecule has 3 heteroatoms. The Bertz CT molecular complexity index is 246.